The third kappa shape index (κ3) is 2.74. The second-order valence-corrected chi connectivity index (χ2v) is 6.98. The van der Waals surface area contributed by atoms with Gasteiger partial charge in [0.05, 0.1) is 0 Å². The minimum atomic E-state index is -4.13. The number of nitrogens with one attached hydrogen (secondary N) is 1. The lowest BCUT2D eigenvalue weighted by Crippen LogP contribution is -2.29. The third-order valence-corrected chi connectivity index (χ3v) is 5.35. The molecular formula is C14H13FN4O3S. The van der Waals surface area contributed by atoms with Gasteiger partial charge in [-0.3, -0.25) is 9.10 Å². The van der Waals surface area contributed by atoms with E-state index >= 15 is 0 Å². The fourth-order valence-corrected chi connectivity index (χ4v) is 3.54. The molecule has 0 radical (unpaired) electrons. The molecule has 0 fully saturated rings. The first-order valence-corrected chi connectivity index (χ1v) is 8.22. The third-order valence-electron chi connectivity index (χ3n) is 3.57. The van der Waals surface area contributed by atoms with E-state index in [4.69, 9.17) is 0 Å². The lowest BCUT2D eigenvalue weighted by molar-refractivity contribution is -0.116. The summed E-state index contributed by atoms with van der Waals surface area (Å²) in [6, 6.07) is 5.28. The Labute approximate surface area is 132 Å². The molecular weight excluding hydrogens is 323 g/mol. The number of halogens is 1. The van der Waals surface area contributed by atoms with Gasteiger partial charge in [0.2, 0.25) is 5.91 Å². The Hall–Kier alpha value is -2.55. The number of carbonyl (C=O) groups excluding carboxylic acids is 1. The largest absolute Gasteiger partial charge is 0.326 e. The van der Waals surface area contributed by atoms with Gasteiger partial charge in [0.25, 0.3) is 10.0 Å². The van der Waals surface area contributed by atoms with E-state index in [9.17, 15) is 17.6 Å². The van der Waals surface area contributed by atoms with E-state index in [0.29, 0.717) is 17.7 Å². The summed E-state index contributed by atoms with van der Waals surface area (Å²) in [5.74, 6) is -1.07. The number of hydrogen-bond donors (Lipinski definition) is 1. The second-order valence-electron chi connectivity index (χ2n) is 5.04. The SMILES string of the molecule is CN(c1cccnn1)S(=O)(=O)c1cc2c(cc1F)NC(=O)CC2. The summed E-state index contributed by atoms with van der Waals surface area (Å²) in [7, 11) is -2.85. The normalized spacial score (nSPS) is 14.1. The summed E-state index contributed by atoms with van der Waals surface area (Å²) < 4.78 is 40.4. The molecule has 3 rings (SSSR count). The molecule has 1 N–H and O–H groups in total. The number of hydrogen-bond acceptors (Lipinski definition) is 5. The Morgan fingerprint density at radius 1 is 1.30 bits per heavy atom. The minimum Gasteiger partial charge on any atom is -0.326 e. The van der Waals surface area contributed by atoms with Gasteiger partial charge < -0.3 is 5.32 Å². The van der Waals surface area contributed by atoms with Gasteiger partial charge in [-0.1, -0.05) is 0 Å². The lowest BCUT2D eigenvalue weighted by atomic mass is 10.0. The standard InChI is InChI=1S/C14H13FN4O3S/c1-19(13-3-2-6-16-18-13)23(21,22)12-7-9-4-5-14(20)17-11(9)8-10(12)15/h2-3,6-8H,4-5H2,1H3,(H,17,20). The molecule has 0 bridgehead atoms. The molecule has 0 saturated heterocycles. The van der Waals surface area contributed by atoms with Gasteiger partial charge in [-0.15, -0.1) is 5.10 Å². The Bertz CT molecular complexity index is 871. The summed E-state index contributed by atoms with van der Waals surface area (Å²) >= 11 is 0. The van der Waals surface area contributed by atoms with Crippen molar-refractivity contribution in [3.8, 4) is 0 Å². The molecule has 0 atom stereocenters. The minimum absolute atomic E-state index is 0.0814. The molecule has 120 valence electrons. The number of anilines is 2. The Balaban J connectivity index is 2.05. The number of sulfonamides is 1. The van der Waals surface area contributed by atoms with Crippen LogP contribution in [-0.2, 0) is 21.2 Å². The van der Waals surface area contributed by atoms with Crippen LogP contribution in [-0.4, -0.2) is 31.6 Å². The molecule has 2 aromatic rings. The summed E-state index contributed by atoms with van der Waals surface area (Å²) in [5.41, 5.74) is 0.886. The Kier molecular flexibility index (Phi) is 3.72. The van der Waals surface area contributed by atoms with Crippen molar-refractivity contribution < 1.29 is 17.6 Å². The fraction of sp³-hybridized carbons (Fsp3) is 0.214. The van der Waals surface area contributed by atoms with E-state index in [-0.39, 0.29) is 18.1 Å². The van der Waals surface area contributed by atoms with Crippen molar-refractivity contribution in [3.05, 3.63) is 41.8 Å². The highest BCUT2D eigenvalue weighted by Gasteiger charge is 2.28. The molecule has 0 saturated carbocycles. The van der Waals surface area contributed by atoms with Gasteiger partial charge in [-0.2, -0.15) is 5.10 Å². The smallest absolute Gasteiger partial charge is 0.268 e. The second kappa shape index (κ2) is 5.58. The maximum atomic E-state index is 14.3. The molecule has 1 amide bonds. The number of amides is 1. The highest BCUT2D eigenvalue weighted by atomic mass is 32.2. The molecule has 0 spiro atoms. The van der Waals surface area contributed by atoms with Crippen LogP contribution in [0.4, 0.5) is 15.9 Å². The van der Waals surface area contributed by atoms with E-state index in [1.807, 2.05) is 0 Å². The predicted octanol–water partition coefficient (Wildman–Crippen LogP) is 1.33. The first-order chi connectivity index (χ1) is 10.9. The molecule has 2 heterocycles. The number of carbonyl (C=O) groups is 1. The quantitative estimate of drug-likeness (QED) is 0.913. The summed E-state index contributed by atoms with van der Waals surface area (Å²) in [4.78, 5) is 10.9. The van der Waals surface area contributed by atoms with Crippen molar-refractivity contribution in [2.24, 2.45) is 0 Å². The van der Waals surface area contributed by atoms with Crippen LogP contribution in [0.3, 0.4) is 0 Å². The Morgan fingerprint density at radius 2 is 2.09 bits per heavy atom. The highest BCUT2D eigenvalue weighted by molar-refractivity contribution is 7.92. The predicted molar refractivity (Wildman–Crippen MR) is 81.0 cm³/mol. The van der Waals surface area contributed by atoms with Gasteiger partial charge in [0.15, 0.2) is 5.82 Å². The zero-order valence-corrected chi connectivity index (χ0v) is 13.0. The van der Waals surface area contributed by atoms with E-state index in [0.717, 1.165) is 10.4 Å². The van der Waals surface area contributed by atoms with Gasteiger partial charge in [-0.05, 0) is 36.2 Å². The van der Waals surface area contributed by atoms with Gasteiger partial charge in [0, 0.05) is 25.4 Å². The zero-order valence-electron chi connectivity index (χ0n) is 12.2. The fourth-order valence-electron chi connectivity index (χ4n) is 2.31. The molecule has 1 aliphatic heterocycles. The molecule has 1 aromatic heterocycles. The number of fused-ring (bicyclic) bond motifs is 1. The monoisotopic (exact) mass is 336 g/mol. The number of rotatable bonds is 3. The number of nitrogens with zero attached hydrogens (tertiary/aromatic N) is 3. The van der Waals surface area contributed by atoms with Crippen molar-refractivity contribution in [2.45, 2.75) is 17.7 Å². The average molecular weight is 336 g/mol. The van der Waals surface area contributed by atoms with Crippen molar-refractivity contribution in [2.75, 3.05) is 16.7 Å². The number of aromatic nitrogens is 2. The molecule has 1 aliphatic rings. The highest BCUT2D eigenvalue weighted by Crippen LogP contribution is 2.30. The summed E-state index contributed by atoms with van der Waals surface area (Å²) in [6.45, 7) is 0. The van der Waals surface area contributed by atoms with E-state index in [1.165, 1.54) is 31.4 Å². The molecule has 0 aliphatic carbocycles. The van der Waals surface area contributed by atoms with E-state index in [1.54, 1.807) is 0 Å². The van der Waals surface area contributed by atoms with Gasteiger partial charge in [-0.25, -0.2) is 12.8 Å². The van der Waals surface area contributed by atoms with Crippen LogP contribution in [0, 0.1) is 5.82 Å². The van der Waals surface area contributed by atoms with Gasteiger partial charge in [0.1, 0.15) is 10.7 Å². The van der Waals surface area contributed by atoms with Crippen LogP contribution in [0.2, 0.25) is 0 Å². The average Bonchev–Trinajstić information content (AvgIpc) is 2.54. The van der Waals surface area contributed by atoms with Crippen LogP contribution in [0.15, 0.2) is 35.4 Å². The lowest BCUT2D eigenvalue weighted by Gasteiger charge is -2.21. The topological polar surface area (TPSA) is 92.3 Å². The molecule has 23 heavy (non-hydrogen) atoms. The van der Waals surface area contributed by atoms with Crippen LogP contribution in [0.1, 0.15) is 12.0 Å². The van der Waals surface area contributed by atoms with Crippen LogP contribution < -0.4 is 9.62 Å². The van der Waals surface area contributed by atoms with E-state index < -0.39 is 20.7 Å². The molecule has 1 aromatic carbocycles. The van der Waals surface area contributed by atoms with Crippen molar-refractivity contribution in [1.29, 1.82) is 0 Å². The maximum absolute atomic E-state index is 14.3. The summed E-state index contributed by atoms with van der Waals surface area (Å²) in [5, 5.41) is 9.86. The zero-order chi connectivity index (χ0) is 16.6. The van der Waals surface area contributed by atoms with E-state index in [2.05, 4.69) is 15.5 Å². The molecule has 7 nitrogen and oxygen atoms in total. The molecule has 9 heteroatoms. The first-order valence-electron chi connectivity index (χ1n) is 6.78. The summed E-state index contributed by atoms with van der Waals surface area (Å²) in [6.07, 6.45) is 2.00. The Morgan fingerprint density at radius 3 is 2.78 bits per heavy atom. The van der Waals surface area contributed by atoms with Gasteiger partial charge >= 0.3 is 0 Å². The van der Waals surface area contributed by atoms with Crippen molar-refractivity contribution in [3.63, 3.8) is 0 Å². The van der Waals surface area contributed by atoms with Crippen LogP contribution >= 0.6 is 0 Å². The van der Waals surface area contributed by atoms with Crippen molar-refractivity contribution >= 4 is 27.4 Å². The molecule has 0 unspecified atom stereocenters. The maximum Gasteiger partial charge on any atom is 0.268 e. The van der Waals surface area contributed by atoms with Crippen LogP contribution in [0.25, 0.3) is 0 Å². The first kappa shape index (κ1) is 15.3. The van der Waals surface area contributed by atoms with Crippen molar-refractivity contribution in [1.82, 2.24) is 10.2 Å². The number of aryl methyl sites for hydroxylation is 1. The number of benzene rings is 1. The van der Waals surface area contributed by atoms with Crippen LogP contribution in [0.5, 0.6) is 0 Å².